The lowest BCUT2D eigenvalue weighted by atomic mass is 9.73. The number of rotatable bonds is 8. The highest BCUT2D eigenvalue weighted by Gasteiger charge is 2.38. The highest BCUT2D eigenvalue weighted by Crippen LogP contribution is 2.40. The lowest BCUT2D eigenvalue weighted by molar-refractivity contribution is 0.161. The molecule has 1 fully saturated rings. The monoisotopic (exact) mass is 466 g/mol. The fourth-order valence-electron chi connectivity index (χ4n) is 5.35. The first-order valence-electron chi connectivity index (χ1n) is 12.2. The number of aromatic nitrogens is 5. The Morgan fingerprint density at radius 2 is 1.91 bits per heavy atom. The van der Waals surface area contributed by atoms with Crippen LogP contribution < -0.4 is 21.1 Å². The van der Waals surface area contributed by atoms with Crippen LogP contribution in [0.2, 0.25) is 0 Å². The van der Waals surface area contributed by atoms with Gasteiger partial charge in [-0.05, 0) is 64.5 Å². The molecule has 184 valence electrons. The predicted molar refractivity (Wildman–Crippen MR) is 136 cm³/mol. The van der Waals surface area contributed by atoms with Gasteiger partial charge in [-0.1, -0.05) is 13.3 Å². The van der Waals surface area contributed by atoms with Crippen molar-refractivity contribution in [2.24, 2.45) is 0 Å². The summed E-state index contributed by atoms with van der Waals surface area (Å²) in [7, 11) is 1.70. The first-order valence-corrected chi connectivity index (χ1v) is 12.2. The molecule has 0 spiro atoms. The lowest BCUT2D eigenvalue weighted by Crippen LogP contribution is -2.57. The molecule has 34 heavy (non-hydrogen) atoms. The van der Waals surface area contributed by atoms with Crippen LogP contribution in [0.5, 0.6) is 5.75 Å². The average Bonchev–Trinajstić information content (AvgIpc) is 3.14. The molecule has 0 unspecified atom stereocenters. The zero-order valence-corrected chi connectivity index (χ0v) is 21.3. The van der Waals surface area contributed by atoms with E-state index in [1.165, 1.54) is 5.56 Å². The van der Waals surface area contributed by atoms with Crippen LogP contribution in [0.15, 0.2) is 18.5 Å². The molecule has 3 aromatic rings. The molecule has 4 N–H and O–H groups in total. The van der Waals surface area contributed by atoms with Crippen LogP contribution in [-0.2, 0) is 6.54 Å². The second-order valence-electron chi connectivity index (χ2n) is 10.7. The maximum absolute atomic E-state index is 5.93. The first kappa shape index (κ1) is 24.2. The molecule has 1 aliphatic heterocycles. The van der Waals surface area contributed by atoms with Gasteiger partial charge in [-0.3, -0.25) is 9.67 Å². The molecule has 0 radical (unpaired) electrons. The lowest BCUT2D eigenvalue weighted by Gasteiger charge is -2.46. The third-order valence-electron chi connectivity index (χ3n) is 6.46. The number of ether oxygens (including phenoxy) is 1. The van der Waals surface area contributed by atoms with Crippen molar-refractivity contribution < 1.29 is 4.74 Å². The van der Waals surface area contributed by atoms with Gasteiger partial charge in [0.05, 0.1) is 19.9 Å². The van der Waals surface area contributed by atoms with E-state index < -0.39 is 0 Å². The van der Waals surface area contributed by atoms with Gasteiger partial charge in [0.25, 0.3) is 0 Å². The van der Waals surface area contributed by atoms with Crippen molar-refractivity contribution in [2.75, 3.05) is 24.7 Å². The molecule has 0 aliphatic carbocycles. The SMILES string of the molecule is CCCCNc1nc(N)nc2cnn(Cc3ncc(C4CC(C)(C)NC(C)(C)C4)cc3OC)c12. The maximum atomic E-state index is 5.93. The van der Waals surface area contributed by atoms with Gasteiger partial charge in [0.15, 0.2) is 5.82 Å². The van der Waals surface area contributed by atoms with Crippen molar-refractivity contribution in [2.45, 2.75) is 83.8 Å². The van der Waals surface area contributed by atoms with Gasteiger partial charge in [0, 0.05) is 23.8 Å². The summed E-state index contributed by atoms with van der Waals surface area (Å²) in [6, 6.07) is 2.14. The number of nitrogens with zero attached hydrogens (tertiary/aromatic N) is 5. The Kier molecular flexibility index (Phi) is 6.66. The molecule has 0 atom stereocenters. The summed E-state index contributed by atoms with van der Waals surface area (Å²) in [6.07, 6.45) is 7.96. The molecular formula is C25H38N8O. The molecule has 9 heteroatoms. The van der Waals surface area contributed by atoms with Crippen molar-refractivity contribution in [3.63, 3.8) is 0 Å². The fraction of sp³-hybridized carbons (Fsp3) is 0.600. The molecule has 4 rings (SSSR count). The second kappa shape index (κ2) is 9.37. The summed E-state index contributed by atoms with van der Waals surface area (Å²) in [5.74, 6) is 2.12. The number of methoxy groups -OCH3 is 1. The Balaban J connectivity index is 1.64. The van der Waals surface area contributed by atoms with E-state index in [1.54, 1.807) is 13.3 Å². The van der Waals surface area contributed by atoms with Gasteiger partial charge in [-0.15, -0.1) is 0 Å². The summed E-state index contributed by atoms with van der Waals surface area (Å²) in [5.41, 5.74) is 9.62. The number of pyridine rings is 1. The van der Waals surface area contributed by atoms with Gasteiger partial charge >= 0.3 is 0 Å². The number of nitrogens with two attached hydrogens (primary N) is 1. The molecule has 1 aliphatic rings. The number of nitrogens with one attached hydrogen (secondary N) is 2. The third-order valence-corrected chi connectivity index (χ3v) is 6.46. The van der Waals surface area contributed by atoms with Crippen LogP contribution in [0.3, 0.4) is 0 Å². The quantitative estimate of drug-likeness (QED) is 0.425. The van der Waals surface area contributed by atoms with E-state index in [2.05, 4.69) is 66.4 Å². The fourth-order valence-corrected chi connectivity index (χ4v) is 5.35. The largest absolute Gasteiger partial charge is 0.495 e. The Morgan fingerprint density at radius 1 is 1.18 bits per heavy atom. The van der Waals surface area contributed by atoms with Crippen LogP contribution in [-0.4, -0.2) is 49.5 Å². The van der Waals surface area contributed by atoms with E-state index in [4.69, 9.17) is 15.5 Å². The van der Waals surface area contributed by atoms with E-state index in [-0.39, 0.29) is 17.0 Å². The summed E-state index contributed by atoms with van der Waals surface area (Å²) in [6.45, 7) is 12.5. The maximum Gasteiger partial charge on any atom is 0.222 e. The van der Waals surface area contributed by atoms with Crippen LogP contribution in [0.1, 0.15) is 77.5 Å². The zero-order chi connectivity index (χ0) is 24.5. The highest BCUT2D eigenvalue weighted by molar-refractivity contribution is 5.86. The number of fused-ring (bicyclic) bond motifs is 1. The van der Waals surface area contributed by atoms with Gasteiger partial charge in [-0.25, -0.2) is 4.98 Å². The van der Waals surface area contributed by atoms with Crippen molar-refractivity contribution in [3.05, 3.63) is 29.7 Å². The number of hydrogen-bond donors (Lipinski definition) is 3. The Bertz CT molecular complexity index is 1140. The van der Waals surface area contributed by atoms with E-state index in [0.717, 1.165) is 49.2 Å². The molecule has 4 heterocycles. The Morgan fingerprint density at radius 3 is 2.59 bits per heavy atom. The van der Waals surface area contributed by atoms with E-state index in [1.807, 2.05) is 10.9 Å². The van der Waals surface area contributed by atoms with Crippen LogP contribution in [0.25, 0.3) is 11.0 Å². The molecule has 0 saturated carbocycles. The van der Waals surface area contributed by atoms with Gasteiger partial charge in [-0.2, -0.15) is 10.1 Å². The molecule has 0 aromatic carbocycles. The molecule has 9 nitrogen and oxygen atoms in total. The number of nitrogen functional groups attached to an aromatic ring is 1. The van der Waals surface area contributed by atoms with E-state index in [0.29, 0.717) is 23.8 Å². The standard InChI is InChI=1S/C25H38N8O/c1-7-8-9-27-22-21-18(30-23(26)31-22)14-29-33(21)15-19-20(34-6)10-16(13-28-19)17-11-24(2,3)32-25(4,5)12-17/h10,13-14,17,32H,7-9,11-12,15H2,1-6H3,(H3,26,27,30,31). The van der Waals surface area contributed by atoms with Crippen LogP contribution >= 0.6 is 0 Å². The first-order chi connectivity index (χ1) is 16.1. The molecule has 0 amide bonds. The minimum absolute atomic E-state index is 0.0648. The number of piperidine rings is 1. The summed E-state index contributed by atoms with van der Waals surface area (Å²) >= 11 is 0. The molecule has 1 saturated heterocycles. The number of hydrogen-bond acceptors (Lipinski definition) is 8. The minimum Gasteiger partial charge on any atom is -0.495 e. The Hall–Kier alpha value is -2.94. The van der Waals surface area contributed by atoms with Gasteiger partial charge in [0.2, 0.25) is 5.95 Å². The van der Waals surface area contributed by atoms with Crippen LogP contribution in [0, 0.1) is 0 Å². The van der Waals surface area contributed by atoms with E-state index >= 15 is 0 Å². The van der Waals surface area contributed by atoms with Crippen LogP contribution in [0.4, 0.5) is 11.8 Å². The average molecular weight is 467 g/mol. The summed E-state index contributed by atoms with van der Waals surface area (Å²) in [5, 5.41) is 11.7. The van der Waals surface area contributed by atoms with Crippen molar-refractivity contribution >= 4 is 22.8 Å². The topological polar surface area (TPSA) is 116 Å². The van der Waals surface area contributed by atoms with Crippen molar-refractivity contribution in [1.29, 1.82) is 0 Å². The zero-order valence-electron chi connectivity index (χ0n) is 21.3. The Labute approximate surface area is 201 Å². The third kappa shape index (κ3) is 5.24. The molecule has 3 aromatic heterocycles. The molecule has 0 bridgehead atoms. The van der Waals surface area contributed by atoms with E-state index in [9.17, 15) is 0 Å². The normalized spacial score (nSPS) is 17.7. The smallest absolute Gasteiger partial charge is 0.222 e. The summed E-state index contributed by atoms with van der Waals surface area (Å²) < 4.78 is 7.65. The highest BCUT2D eigenvalue weighted by atomic mass is 16.5. The number of anilines is 2. The van der Waals surface area contributed by atoms with Gasteiger partial charge in [0.1, 0.15) is 22.5 Å². The van der Waals surface area contributed by atoms with Crippen molar-refractivity contribution in [3.8, 4) is 5.75 Å². The summed E-state index contributed by atoms with van der Waals surface area (Å²) in [4.78, 5) is 13.6. The molecular weight excluding hydrogens is 428 g/mol. The minimum atomic E-state index is 0.0648. The second-order valence-corrected chi connectivity index (χ2v) is 10.7. The van der Waals surface area contributed by atoms with Gasteiger partial charge < -0.3 is 21.1 Å². The number of unbranched alkanes of at least 4 members (excludes halogenated alkanes) is 1. The predicted octanol–water partition coefficient (Wildman–Crippen LogP) is 4.10. The van der Waals surface area contributed by atoms with Crippen molar-refractivity contribution in [1.82, 2.24) is 30.0 Å².